The van der Waals surface area contributed by atoms with Gasteiger partial charge < -0.3 is 9.47 Å². The Labute approximate surface area is 118 Å². The summed E-state index contributed by atoms with van der Waals surface area (Å²) in [5, 5.41) is 0. The summed E-state index contributed by atoms with van der Waals surface area (Å²) in [7, 11) is 0. The summed E-state index contributed by atoms with van der Waals surface area (Å²) >= 11 is 0. The molecule has 0 radical (unpaired) electrons. The fourth-order valence-corrected chi connectivity index (χ4v) is 2.26. The van der Waals surface area contributed by atoms with Gasteiger partial charge in [-0.15, -0.1) is 0 Å². The van der Waals surface area contributed by atoms with Gasteiger partial charge in [-0.2, -0.15) is 0 Å². The summed E-state index contributed by atoms with van der Waals surface area (Å²) in [5.74, 6) is -0.487. The average molecular weight is 277 g/mol. The van der Waals surface area contributed by atoms with Crippen molar-refractivity contribution < 1.29 is 19.1 Å². The zero-order valence-corrected chi connectivity index (χ0v) is 11.8. The molecular weight excluding hydrogens is 258 g/mol. The van der Waals surface area contributed by atoms with Crippen LogP contribution in [0.2, 0.25) is 0 Å². The number of carbonyl (C=O) groups excluding carboxylic acids is 2. The molecular formula is C15H19NO4. The fraction of sp³-hybridized carbons (Fsp3) is 0.467. The second kappa shape index (κ2) is 6.63. The lowest BCUT2D eigenvalue weighted by atomic mass is 9.98. The monoisotopic (exact) mass is 277 g/mol. The van der Waals surface area contributed by atoms with Crippen molar-refractivity contribution in [3.8, 4) is 0 Å². The van der Waals surface area contributed by atoms with E-state index >= 15 is 0 Å². The van der Waals surface area contributed by atoms with Gasteiger partial charge in [-0.1, -0.05) is 18.2 Å². The van der Waals surface area contributed by atoms with Crippen LogP contribution >= 0.6 is 0 Å². The maximum absolute atomic E-state index is 12.4. The summed E-state index contributed by atoms with van der Waals surface area (Å²) in [6, 6.07) is 7.18. The predicted octanol–water partition coefficient (Wildman–Crippen LogP) is 1.61. The normalized spacial score (nSPS) is 14.8. The molecule has 0 atom stereocenters. The minimum absolute atomic E-state index is 0.133. The second-order valence-electron chi connectivity index (χ2n) is 4.48. The van der Waals surface area contributed by atoms with E-state index in [9.17, 15) is 9.59 Å². The molecule has 20 heavy (non-hydrogen) atoms. The zero-order valence-electron chi connectivity index (χ0n) is 11.8. The van der Waals surface area contributed by atoms with Crippen LogP contribution in [0.4, 0.5) is 0 Å². The molecule has 1 heterocycles. The molecule has 5 nitrogen and oxygen atoms in total. The zero-order chi connectivity index (χ0) is 14.5. The average Bonchev–Trinajstić information content (AvgIpc) is 2.44. The number of carbonyl (C=O) groups is 2. The Bertz CT molecular complexity index is 494. The molecule has 5 heteroatoms. The first kappa shape index (κ1) is 14.7. The van der Waals surface area contributed by atoms with Gasteiger partial charge in [0.1, 0.15) is 0 Å². The van der Waals surface area contributed by atoms with Crippen LogP contribution in [0.3, 0.4) is 0 Å². The molecule has 1 aromatic rings. The maximum Gasteiger partial charge on any atom is 0.260 e. The summed E-state index contributed by atoms with van der Waals surface area (Å²) in [6.45, 7) is 4.77. The lowest BCUT2D eigenvalue weighted by molar-refractivity contribution is -0.154. The smallest absolute Gasteiger partial charge is 0.260 e. The molecule has 1 aromatic carbocycles. The van der Waals surface area contributed by atoms with Crippen molar-refractivity contribution in [3.05, 3.63) is 35.4 Å². The van der Waals surface area contributed by atoms with E-state index < -0.39 is 6.29 Å². The van der Waals surface area contributed by atoms with Crippen molar-refractivity contribution in [3.63, 3.8) is 0 Å². The fourth-order valence-electron chi connectivity index (χ4n) is 2.26. The van der Waals surface area contributed by atoms with E-state index in [1.165, 1.54) is 4.90 Å². The van der Waals surface area contributed by atoms with E-state index in [2.05, 4.69) is 0 Å². The Kier molecular flexibility index (Phi) is 4.87. The Morgan fingerprint density at radius 1 is 1.15 bits per heavy atom. The molecule has 0 saturated heterocycles. The van der Waals surface area contributed by atoms with Gasteiger partial charge in [0, 0.05) is 18.8 Å². The molecule has 2 amide bonds. The predicted molar refractivity (Wildman–Crippen MR) is 73.2 cm³/mol. The van der Waals surface area contributed by atoms with E-state index in [1.807, 2.05) is 26.0 Å². The number of benzene rings is 1. The van der Waals surface area contributed by atoms with Gasteiger partial charge in [-0.3, -0.25) is 14.5 Å². The third-order valence-corrected chi connectivity index (χ3v) is 3.17. The van der Waals surface area contributed by atoms with Crippen molar-refractivity contribution in [2.75, 3.05) is 19.8 Å². The van der Waals surface area contributed by atoms with Gasteiger partial charge in [0.2, 0.25) is 5.91 Å². The van der Waals surface area contributed by atoms with E-state index in [4.69, 9.17) is 9.47 Å². The lowest BCUT2D eigenvalue weighted by Crippen LogP contribution is -2.47. The van der Waals surface area contributed by atoms with Crippen molar-refractivity contribution >= 4 is 11.8 Å². The Hall–Kier alpha value is -1.72. The van der Waals surface area contributed by atoms with E-state index in [1.54, 1.807) is 12.1 Å². The largest absolute Gasteiger partial charge is 0.351 e. The number of ether oxygens (including phenoxy) is 2. The molecule has 0 unspecified atom stereocenters. The third kappa shape index (κ3) is 3.05. The van der Waals surface area contributed by atoms with E-state index in [0.717, 1.165) is 5.56 Å². The minimum Gasteiger partial charge on any atom is -0.351 e. The van der Waals surface area contributed by atoms with E-state index in [-0.39, 0.29) is 24.8 Å². The van der Waals surface area contributed by atoms with Gasteiger partial charge in [0.15, 0.2) is 6.29 Å². The second-order valence-corrected chi connectivity index (χ2v) is 4.48. The number of imide groups is 1. The van der Waals surface area contributed by atoms with Gasteiger partial charge in [-0.25, -0.2) is 0 Å². The molecule has 0 N–H and O–H groups in total. The highest BCUT2D eigenvalue weighted by atomic mass is 16.7. The molecule has 0 fully saturated rings. The number of hydrogen-bond donors (Lipinski definition) is 0. The van der Waals surface area contributed by atoms with E-state index in [0.29, 0.717) is 18.8 Å². The van der Waals surface area contributed by atoms with Gasteiger partial charge in [-0.05, 0) is 25.5 Å². The number of rotatable bonds is 6. The first-order valence-corrected chi connectivity index (χ1v) is 6.83. The first-order valence-electron chi connectivity index (χ1n) is 6.83. The highest BCUT2D eigenvalue weighted by molar-refractivity contribution is 6.09. The Morgan fingerprint density at radius 3 is 2.45 bits per heavy atom. The summed E-state index contributed by atoms with van der Waals surface area (Å²) in [4.78, 5) is 25.7. The topological polar surface area (TPSA) is 55.8 Å². The molecule has 1 aliphatic rings. The van der Waals surface area contributed by atoms with Crippen LogP contribution < -0.4 is 0 Å². The molecule has 108 valence electrons. The van der Waals surface area contributed by atoms with Crippen LogP contribution in [0, 0.1) is 0 Å². The lowest BCUT2D eigenvalue weighted by Gasteiger charge is -2.29. The SMILES string of the molecule is CCOC(CN1C(=O)Cc2ccccc2C1=O)OCC. The van der Waals surface area contributed by atoms with Crippen molar-refractivity contribution in [1.29, 1.82) is 0 Å². The van der Waals surface area contributed by atoms with Crippen molar-refractivity contribution in [2.45, 2.75) is 26.6 Å². The van der Waals surface area contributed by atoms with Crippen LogP contribution in [0.5, 0.6) is 0 Å². The molecule has 0 spiro atoms. The summed E-state index contributed by atoms with van der Waals surface area (Å²) in [6.07, 6.45) is -0.324. The Morgan fingerprint density at radius 2 is 1.80 bits per heavy atom. The highest BCUT2D eigenvalue weighted by Crippen LogP contribution is 2.20. The molecule has 2 rings (SSSR count). The van der Waals surface area contributed by atoms with Gasteiger partial charge in [0.25, 0.3) is 5.91 Å². The standard InChI is InChI=1S/C15H19NO4/c1-3-19-14(20-4-2)10-16-13(17)9-11-7-5-6-8-12(11)15(16)18/h5-8,14H,3-4,9-10H2,1-2H3. The summed E-state index contributed by atoms with van der Waals surface area (Å²) in [5.41, 5.74) is 1.36. The number of nitrogens with zero attached hydrogens (tertiary/aromatic N) is 1. The van der Waals surface area contributed by atoms with Crippen LogP contribution in [0.25, 0.3) is 0 Å². The van der Waals surface area contributed by atoms with Gasteiger partial charge in [0.05, 0.1) is 13.0 Å². The highest BCUT2D eigenvalue weighted by Gasteiger charge is 2.32. The quantitative estimate of drug-likeness (QED) is 0.585. The molecule has 0 aromatic heterocycles. The molecule has 0 aliphatic carbocycles. The molecule has 0 bridgehead atoms. The maximum atomic E-state index is 12.4. The number of fused-ring (bicyclic) bond motifs is 1. The van der Waals surface area contributed by atoms with Crippen LogP contribution in [0.15, 0.2) is 24.3 Å². The summed E-state index contributed by atoms with van der Waals surface area (Å²) < 4.78 is 10.8. The number of hydrogen-bond acceptors (Lipinski definition) is 4. The van der Waals surface area contributed by atoms with Crippen LogP contribution in [0.1, 0.15) is 29.8 Å². The minimum atomic E-state index is -0.567. The van der Waals surface area contributed by atoms with Crippen LogP contribution in [-0.4, -0.2) is 42.8 Å². The number of amides is 2. The molecule has 0 saturated carbocycles. The van der Waals surface area contributed by atoms with Crippen molar-refractivity contribution in [1.82, 2.24) is 4.90 Å². The van der Waals surface area contributed by atoms with Crippen LogP contribution in [-0.2, 0) is 20.7 Å². The molecule has 1 aliphatic heterocycles. The van der Waals surface area contributed by atoms with Crippen molar-refractivity contribution in [2.24, 2.45) is 0 Å². The third-order valence-electron chi connectivity index (χ3n) is 3.17. The first-order chi connectivity index (χ1) is 9.67. The van der Waals surface area contributed by atoms with Gasteiger partial charge >= 0.3 is 0 Å². The Balaban J connectivity index is 2.16.